The molecule has 1 aliphatic heterocycles. The molecule has 1 fully saturated rings. The fourth-order valence-corrected chi connectivity index (χ4v) is 2.63. The Morgan fingerprint density at radius 1 is 1.47 bits per heavy atom. The van der Waals surface area contributed by atoms with E-state index in [0.717, 1.165) is 31.9 Å². The van der Waals surface area contributed by atoms with Crippen molar-refractivity contribution in [2.24, 2.45) is 0 Å². The fourth-order valence-electron chi connectivity index (χ4n) is 2.63. The molecule has 1 aliphatic rings. The predicted molar refractivity (Wildman–Crippen MR) is 67.7 cm³/mol. The molecule has 0 bridgehead atoms. The van der Waals surface area contributed by atoms with Crippen LogP contribution in [0.15, 0.2) is 16.9 Å². The normalized spacial score (nSPS) is 21.3. The number of hydrogen-bond donors (Lipinski definition) is 1. The second-order valence-electron chi connectivity index (χ2n) is 4.97. The first-order chi connectivity index (χ1) is 8.28. The minimum absolute atomic E-state index is 0.278. The Bertz CT molecular complexity index is 319. The highest BCUT2D eigenvalue weighted by Gasteiger charge is 2.30. The highest BCUT2D eigenvalue weighted by atomic mass is 16.5. The molecule has 0 radical (unpaired) electrons. The van der Waals surface area contributed by atoms with Crippen LogP contribution in [0, 0.1) is 0 Å². The minimum Gasteiger partial charge on any atom is -0.364 e. The van der Waals surface area contributed by atoms with Gasteiger partial charge < -0.3 is 9.84 Å². The van der Waals surface area contributed by atoms with Gasteiger partial charge in [0.2, 0.25) is 0 Å². The molecule has 1 N–H and O–H groups in total. The number of nitrogens with zero attached hydrogens (tertiary/aromatic N) is 2. The van der Waals surface area contributed by atoms with E-state index in [0.29, 0.717) is 0 Å². The van der Waals surface area contributed by atoms with E-state index in [2.05, 4.69) is 29.2 Å². The van der Waals surface area contributed by atoms with Crippen LogP contribution < -0.4 is 5.32 Å². The summed E-state index contributed by atoms with van der Waals surface area (Å²) >= 11 is 0. The second-order valence-corrected chi connectivity index (χ2v) is 4.97. The molecule has 4 nitrogen and oxygen atoms in total. The SMILES string of the molecule is CCC1(CC)CN(Cc2ccon2)CCCN1. The Balaban J connectivity index is 2.01. The summed E-state index contributed by atoms with van der Waals surface area (Å²) in [6.07, 6.45) is 5.22. The van der Waals surface area contributed by atoms with Crippen LogP contribution in [0.1, 0.15) is 38.8 Å². The van der Waals surface area contributed by atoms with E-state index in [1.54, 1.807) is 6.26 Å². The molecule has 0 atom stereocenters. The number of rotatable bonds is 4. The number of nitrogens with one attached hydrogen (secondary N) is 1. The molecule has 1 aromatic rings. The standard InChI is InChI=1S/C13H23N3O/c1-3-13(4-2)11-16(8-5-7-14-13)10-12-6-9-17-15-12/h6,9,14H,3-5,7-8,10-11H2,1-2H3. The van der Waals surface area contributed by atoms with Gasteiger partial charge in [0, 0.05) is 24.7 Å². The van der Waals surface area contributed by atoms with E-state index in [9.17, 15) is 0 Å². The maximum absolute atomic E-state index is 4.90. The Morgan fingerprint density at radius 3 is 2.94 bits per heavy atom. The molecule has 96 valence electrons. The molecule has 2 heterocycles. The average Bonchev–Trinajstić information content (AvgIpc) is 2.76. The molecule has 1 aromatic heterocycles. The van der Waals surface area contributed by atoms with E-state index >= 15 is 0 Å². The second kappa shape index (κ2) is 5.65. The van der Waals surface area contributed by atoms with E-state index in [-0.39, 0.29) is 5.54 Å². The van der Waals surface area contributed by atoms with Crippen molar-refractivity contribution in [3.05, 3.63) is 18.0 Å². The van der Waals surface area contributed by atoms with Crippen LogP contribution in [-0.2, 0) is 6.54 Å². The molecule has 4 heteroatoms. The lowest BCUT2D eigenvalue weighted by molar-refractivity contribution is 0.187. The molecule has 0 aromatic carbocycles. The molecule has 0 spiro atoms. The Hall–Kier alpha value is -0.870. The fraction of sp³-hybridized carbons (Fsp3) is 0.769. The van der Waals surface area contributed by atoms with E-state index < -0.39 is 0 Å². The molecular formula is C13H23N3O. The van der Waals surface area contributed by atoms with Crippen molar-refractivity contribution in [3.63, 3.8) is 0 Å². The largest absolute Gasteiger partial charge is 0.364 e. The van der Waals surface area contributed by atoms with Gasteiger partial charge in [-0.05, 0) is 32.4 Å². The molecule has 0 saturated carbocycles. The summed E-state index contributed by atoms with van der Waals surface area (Å²) in [5, 5.41) is 7.72. The highest BCUT2D eigenvalue weighted by molar-refractivity contribution is 4.98. The summed E-state index contributed by atoms with van der Waals surface area (Å²) in [4.78, 5) is 2.49. The van der Waals surface area contributed by atoms with Gasteiger partial charge in [-0.2, -0.15) is 0 Å². The first-order valence-electron chi connectivity index (χ1n) is 6.64. The Kier molecular flexibility index (Phi) is 4.18. The van der Waals surface area contributed by atoms with Crippen molar-refractivity contribution in [2.45, 2.75) is 45.2 Å². The highest BCUT2D eigenvalue weighted by Crippen LogP contribution is 2.20. The van der Waals surface area contributed by atoms with Gasteiger partial charge >= 0.3 is 0 Å². The quantitative estimate of drug-likeness (QED) is 0.870. The summed E-state index contributed by atoms with van der Waals surface area (Å²) in [7, 11) is 0. The number of aromatic nitrogens is 1. The zero-order chi connectivity index (χ0) is 12.1. The van der Waals surface area contributed by atoms with Gasteiger partial charge in [0.25, 0.3) is 0 Å². The third kappa shape index (κ3) is 3.07. The summed E-state index contributed by atoms with van der Waals surface area (Å²) in [6, 6.07) is 1.96. The summed E-state index contributed by atoms with van der Waals surface area (Å²) < 4.78 is 4.90. The smallest absolute Gasteiger partial charge is 0.124 e. The van der Waals surface area contributed by atoms with E-state index in [1.807, 2.05) is 6.07 Å². The zero-order valence-electron chi connectivity index (χ0n) is 10.9. The maximum atomic E-state index is 4.90. The topological polar surface area (TPSA) is 41.3 Å². The third-order valence-corrected chi connectivity index (χ3v) is 3.91. The van der Waals surface area contributed by atoms with Gasteiger partial charge in [0.15, 0.2) is 0 Å². The van der Waals surface area contributed by atoms with Crippen molar-refractivity contribution in [2.75, 3.05) is 19.6 Å². The predicted octanol–water partition coefficient (Wildman–Crippen LogP) is 2.03. The molecule has 0 unspecified atom stereocenters. The van der Waals surface area contributed by atoms with Crippen LogP contribution >= 0.6 is 0 Å². The van der Waals surface area contributed by atoms with Crippen LogP contribution in [0.5, 0.6) is 0 Å². The molecule has 1 saturated heterocycles. The zero-order valence-corrected chi connectivity index (χ0v) is 10.9. The molecule has 0 amide bonds. The molecule has 2 rings (SSSR count). The Labute approximate surface area is 103 Å². The third-order valence-electron chi connectivity index (χ3n) is 3.91. The average molecular weight is 237 g/mol. The van der Waals surface area contributed by atoms with Crippen LogP contribution in [0.3, 0.4) is 0 Å². The van der Waals surface area contributed by atoms with Gasteiger partial charge in [0.05, 0.1) is 5.69 Å². The minimum atomic E-state index is 0.278. The van der Waals surface area contributed by atoms with Crippen molar-refractivity contribution in [1.82, 2.24) is 15.4 Å². The molecule has 0 aliphatic carbocycles. The lowest BCUT2D eigenvalue weighted by Gasteiger charge is -2.35. The lowest BCUT2D eigenvalue weighted by atomic mass is 9.92. The maximum Gasteiger partial charge on any atom is 0.124 e. The van der Waals surface area contributed by atoms with Gasteiger partial charge in [-0.15, -0.1) is 0 Å². The first-order valence-corrected chi connectivity index (χ1v) is 6.64. The van der Waals surface area contributed by atoms with Crippen molar-refractivity contribution >= 4 is 0 Å². The van der Waals surface area contributed by atoms with Gasteiger partial charge in [-0.1, -0.05) is 19.0 Å². The lowest BCUT2D eigenvalue weighted by Crippen LogP contribution is -2.50. The summed E-state index contributed by atoms with van der Waals surface area (Å²) in [6.45, 7) is 8.82. The van der Waals surface area contributed by atoms with Crippen LogP contribution in [0.4, 0.5) is 0 Å². The van der Waals surface area contributed by atoms with Crippen LogP contribution in [0.2, 0.25) is 0 Å². The van der Waals surface area contributed by atoms with Crippen molar-refractivity contribution < 1.29 is 4.52 Å². The van der Waals surface area contributed by atoms with Gasteiger partial charge in [-0.3, -0.25) is 4.90 Å². The van der Waals surface area contributed by atoms with Crippen LogP contribution in [-0.4, -0.2) is 35.2 Å². The first kappa shape index (κ1) is 12.6. The number of hydrogen-bond acceptors (Lipinski definition) is 4. The monoisotopic (exact) mass is 237 g/mol. The van der Waals surface area contributed by atoms with E-state index in [1.165, 1.54) is 19.3 Å². The Morgan fingerprint density at radius 2 is 2.29 bits per heavy atom. The molecule has 17 heavy (non-hydrogen) atoms. The molecular weight excluding hydrogens is 214 g/mol. The van der Waals surface area contributed by atoms with Crippen molar-refractivity contribution in [1.29, 1.82) is 0 Å². The van der Waals surface area contributed by atoms with Crippen LogP contribution in [0.25, 0.3) is 0 Å². The van der Waals surface area contributed by atoms with Gasteiger partial charge in [-0.25, -0.2) is 0 Å². The summed E-state index contributed by atoms with van der Waals surface area (Å²) in [5.74, 6) is 0. The van der Waals surface area contributed by atoms with Gasteiger partial charge in [0.1, 0.15) is 6.26 Å². The summed E-state index contributed by atoms with van der Waals surface area (Å²) in [5.41, 5.74) is 1.31. The van der Waals surface area contributed by atoms with Crippen molar-refractivity contribution in [3.8, 4) is 0 Å². The van der Waals surface area contributed by atoms with E-state index in [4.69, 9.17) is 4.52 Å².